The summed E-state index contributed by atoms with van der Waals surface area (Å²) in [5, 5.41) is 12.0. The summed E-state index contributed by atoms with van der Waals surface area (Å²) in [4.78, 5) is 15.1. The molecule has 5 heteroatoms. The fraction of sp³-hybridized carbons (Fsp3) is 0.200. The Morgan fingerprint density at radius 3 is 2.85 bits per heavy atom. The largest absolute Gasteiger partial charge is 0.478 e. The molecule has 0 aliphatic carbocycles. The molecule has 2 N–H and O–H groups in total. The van der Waals surface area contributed by atoms with E-state index in [1.807, 2.05) is 25.1 Å². The van der Waals surface area contributed by atoms with E-state index in [1.54, 1.807) is 6.20 Å². The first-order chi connectivity index (χ1) is 9.58. The van der Waals surface area contributed by atoms with Crippen LogP contribution in [0.25, 0.3) is 0 Å². The number of rotatable bonds is 5. The number of nitrogens with one attached hydrogen (secondary N) is 1. The molecule has 0 fully saturated rings. The van der Waals surface area contributed by atoms with Gasteiger partial charge in [0, 0.05) is 24.3 Å². The van der Waals surface area contributed by atoms with E-state index in [0.717, 1.165) is 5.69 Å². The number of pyridine rings is 1. The minimum absolute atomic E-state index is 0.0518. The van der Waals surface area contributed by atoms with Gasteiger partial charge in [-0.2, -0.15) is 0 Å². The van der Waals surface area contributed by atoms with Crippen LogP contribution in [0.4, 0.5) is 4.39 Å². The van der Waals surface area contributed by atoms with Crippen molar-refractivity contribution in [1.82, 2.24) is 10.3 Å². The zero-order chi connectivity index (χ0) is 14.5. The number of hydrogen-bond acceptors (Lipinski definition) is 3. The number of hydrogen-bond donors (Lipinski definition) is 2. The predicted molar refractivity (Wildman–Crippen MR) is 72.9 cm³/mol. The molecule has 0 aliphatic rings. The lowest BCUT2D eigenvalue weighted by Gasteiger charge is -2.13. The SMILES string of the molecule is C[C@H](NCc1cc(C(=O)O)ccc1F)c1ccccn1. The van der Waals surface area contributed by atoms with Crippen molar-refractivity contribution in [3.05, 3.63) is 65.2 Å². The highest BCUT2D eigenvalue weighted by atomic mass is 19.1. The lowest BCUT2D eigenvalue weighted by atomic mass is 10.1. The Hall–Kier alpha value is -2.27. The van der Waals surface area contributed by atoms with Gasteiger partial charge in [0.05, 0.1) is 11.3 Å². The summed E-state index contributed by atoms with van der Waals surface area (Å²) in [5.74, 6) is -1.49. The Balaban J connectivity index is 2.07. The molecule has 0 radical (unpaired) electrons. The smallest absolute Gasteiger partial charge is 0.335 e. The minimum Gasteiger partial charge on any atom is -0.478 e. The van der Waals surface area contributed by atoms with Gasteiger partial charge in [0.1, 0.15) is 5.82 Å². The minimum atomic E-state index is -1.07. The summed E-state index contributed by atoms with van der Waals surface area (Å²) < 4.78 is 13.6. The summed E-state index contributed by atoms with van der Waals surface area (Å²) in [6.07, 6.45) is 1.69. The number of benzene rings is 1. The third kappa shape index (κ3) is 3.39. The van der Waals surface area contributed by atoms with Crippen LogP contribution in [0, 0.1) is 5.82 Å². The highest BCUT2D eigenvalue weighted by Gasteiger charge is 2.10. The highest BCUT2D eigenvalue weighted by Crippen LogP contribution is 2.13. The van der Waals surface area contributed by atoms with E-state index in [1.165, 1.54) is 18.2 Å². The number of carboxylic acids is 1. The van der Waals surface area contributed by atoms with Crippen LogP contribution in [0.3, 0.4) is 0 Å². The number of carbonyl (C=O) groups is 1. The maximum absolute atomic E-state index is 13.6. The molecular formula is C15H15FN2O2. The number of aromatic carboxylic acids is 1. The molecule has 20 heavy (non-hydrogen) atoms. The first-order valence-corrected chi connectivity index (χ1v) is 6.24. The van der Waals surface area contributed by atoms with Gasteiger partial charge in [0.25, 0.3) is 0 Å². The van der Waals surface area contributed by atoms with Crippen LogP contribution in [0.5, 0.6) is 0 Å². The maximum atomic E-state index is 13.6. The first-order valence-electron chi connectivity index (χ1n) is 6.24. The summed E-state index contributed by atoms with van der Waals surface area (Å²) >= 11 is 0. The third-order valence-corrected chi connectivity index (χ3v) is 3.02. The second-order valence-electron chi connectivity index (χ2n) is 4.47. The Kier molecular flexibility index (Phi) is 4.42. The standard InChI is InChI=1S/C15H15FN2O2/c1-10(14-4-2-3-7-17-14)18-9-12-8-11(15(19)20)5-6-13(12)16/h2-8,10,18H,9H2,1H3,(H,19,20)/t10-/m0/s1. The van der Waals surface area contributed by atoms with Gasteiger partial charge in [0.2, 0.25) is 0 Å². The van der Waals surface area contributed by atoms with Gasteiger partial charge in [-0.1, -0.05) is 6.07 Å². The Morgan fingerprint density at radius 2 is 2.20 bits per heavy atom. The molecule has 0 saturated heterocycles. The molecule has 0 bridgehead atoms. The van der Waals surface area contributed by atoms with E-state index in [2.05, 4.69) is 10.3 Å². The Bertz CT molecular complexity index is 602. The summed E-state index contributed by atoms with van der Waals surface area (Å²) in [5.41, 5.74) is 1.25. The van der Waals surface area contributed by atoms with Crippen molar-refractivity contribution in [2.75, 3.05) is 0 Å². The van der Waals surface area contributed by atoms with Crippen molar-refractivity contribution >= 4 is 5.97 Å². The van der Waals surface area contributed by atoms with E-state index in [-0.39, 0.29) is 18.2 Å². The van der Waals surface area contributed by atoms with Gasteiger partial charge in [-0.3, -0.25) is 4.98 Å². The van der Waals surface area contributed by atoms with E-state index >= 15 is 0 Å². The van der Waals surface area contributed by atoms with Crippen LogP contribution >= 0.6 is 0 Å². The van der Waals surface area contributed by atoms with Crippen molar-refractivity contribution in [3.8, 4) is 0 Å². The molecule has 0 saturated carbocycles. The Labute approximate surface area is 116 Å². The zero-order valence-electron chi connectivity index (χ0n) is 11.0. The quantitative estimate of drug-likeness (QED) is 0.880. The van der Waals surface area contributed by atoms with Crippen molar-refractivity contribution in [3.63, 3.8) is 0 Å². The fourth-order valence-electron chi connectivity index (χ4n) is 1.84. The molecule has 2 aromatic rings. The first kappa shape index (κ1) is 14.1. The lowest BCUT2D eigenvalue weighted by Crippen LogP contribution is -2.20. The van der Waals surface area contributed by atoms with Crippen LogP contribution in [0.2, 0.25) is 0 Å². The molecule has 0 unspecified atom stereocenters. The number of nitrogens with zero attached hydrogens (tertiary/aromatic N) is 1. The molecule has 1 aromatic heterocycles. The molecule has 4 nitrogen and oxygen atoms in total. The topological polar surface area (TPSA) is 62.2 Å². The maximum Gasteiger partial charge on any atom is 0.335 e. The molecule has 2 rings (SSSR count). The van der Waals surface area contributed by atoms with E-state index in [0.29, 0.717) is 5.56 Å². The second kappa shape index (κ2) is 6.25. The molecule has 104 valence electrons. The molecule has 0 amide bonds. The third-order valence-electron chi connectivity index (χ3n) is 3.02. The van der Waals surface area contributed by atoms with Gasteiger partial charge in [-0.25, -0.2) is 9.18 Å². The number of carboxylic acid groups (broad SMARTS) is 1. The Morgan fingerprint density at radius 1 is 1.40 bits per heavy atom. The van der Waals surface area contributed by atoms with Gasteiger partial charge in [0.15, 0.2) is 0 Å². The normalized spacial score (nSPS) is 12.1. The second-order valence-corrected chi connectivity index (χ2v) is 4.47. The van der Waals surface area contributed by atoms with Gasteiger partial charge < -0.3 is 10.4 Å². The number of aromatic nitrogens is 1. The molecule has 0 spiro atoms. The summed E-state index contributed by atoms with van der Waals surface area (Å²) in [6.45, 7) is 2.16. The summed E-state index contributed by atoms with van der Waals surface area (Å²) in [6, 6.07) is 9.30. The van der Waals surface area contributed by atoms with Crippen molar-refractivity contribution in [2.45, 2.75) is 19.5 Å². The molecule has 1 heterocycles. The van der Waals surface area contributed by atoms with Crippen LogP contribution in [0.1, 0.15) is 34.6 Å². The lowest BCUT2D eigenvalue weighted by molar-refractivity contribution is 0.0696. The predicted octanol–water partition coefficient (Wildman–Crippen LogP) is 2.77. The monoisotopic (exact) mass is 274 g/mol. The molecule has 1 aromatic carbocycles. The van der Waals surface area contributed by atoms with Crippen LogP contribution in [0.15, 0.2) is 42.6 Å². The zero-order valence-corrected chi connectivity index (χ0v) is 11.0. The van der Waals surface area contributed by atoms with E-state index in [4.69, 9.17) is 5.11 Å². The van der Waals surface area contributed by atoms with Crippen LogP contribution in [-0.2, 0) is 6.54 Å². The van der Waals surface area contributed by atoms with Gasteiger partial charge in [-0.15, -0.1) is 0 Å². The van der Waals surface area contributed by atoms with Crippen molar-refractivity contribution in [1.29, 1.82) is 0 Å². The average Bonchev–Trinajstić information content (AvgIpc) is 2.46. The molecular weight excluding hydrogens is 259 g/mol. The fourth-order valence-corrected chi connectivity index (χ4v) is 1.84. The highest BCUT2D eigenvalue weighted by molar-refractivity contribution is 5.87. The van der Waals surface area contributed by atoms with Crippen molar-refractivity contribution in [2.24, 2.45) is 0 Å². The molecule has 0 aliphatic heterocycles. The van der Waals surface area contributed by atoms with Gasteiger partial charge in [-0.05, 0) is 37.3 Å². The number of halogens is 1. The van der Waals surface area contributed by atoms with Crippen molar-refractivity contribution < 1.29 is 14.3 Å². The van der Waals surface area contributed by atoms with E-state index in [9.17, 15) is 9.18 Å². The average molecular weight is 274 g/mol. The van der Waals surface area contributed by atoms with E-state index < -0.39 is 11.8 Å². The van der Waals surface area contributed by atoms with Gasteiger partial charge >= 0.3 is 5.97 Å². The molecule has 1 atom stereocenters. The van der Waals surface area contributed by atoms with Crippen LogP contribution in [-0.4, -0.2) is 16.1 Å². The van der Waals surface area contributed by atoms with Crippen LogP contribution < -0.4 is 5.32 Å². The summed E-state index contributed by atoms with van der Waals surface area (Å²) in [7, 11) is 0.